The van der Waals surface area contributed by atoms with E-state index in [0.717, 1.165) is 22.5 Å². The fourth-order valence-corrected chi connectivity index (χ4v) is 6.22. The third-order valence-corrected chi connectivity index (χ3v) is 8.43. The van der Waals surface area contributed by atoms with E-state index in [1.165, 1.54) is 44.5 Å². The fraction of sp³-hybridized carbons (Fsp3) is 0.0732. The molecule has 1 aliphatic rings. The lowest BCUT2D eigenvalue weighted by atomic mass is 9.67. The molecular weight excluding hydrogens is 520 g/mol. The summed E-state index contributed by atoms with van der Waals surface area (Å²) in [5, 5.41) is 0. The molecule has 0 unspecified atom stereocenters. The van der Waals surface area contributed by atoms with Crippen LogP contribution in [0.4, 0.5) is 11.4 Å². The molecule has 6 aromatic rings. The molecule has 0 amide bonds. The first-order chi connectivity index (χ1) is 21.1. The van der Waals surface area contributed by atoms with Gasteiger partial charge < -0.3 is 0 Å². The van der Waals surface area contributed by atoms with Crippen molar-refractivity contribution < 1.29 is 0 Å². The van der Waals surface area contributed by atoms with Crippen molar-refractivity contribution in [2.75, 3.05) is 0 Å². The Balaban J connectivity index is 1.31. The lowest BCUT2D eigenvalue weighted by Crippen LogP contribution is -2.28. The van der Waals surface area contributed by atoms with Crippen LogP contribution < -0.4 is 0 Å². The van der Waals surface area contributed by atoms with E-state index in [2.05, 4.69) is 159 Å². The van der Waals surface area contributed by atoms with Gasteiger partial charge in [0.25, 0.3) is 0 Å². The van der Waals surface area contributed by atoms with Gasteiger partial charge in [-0.1, -0.05) is 132 Å². The Hall–Kier alpha value is -5.34. The number of hydrogen-bond donors (Lipinski definition) is 0. The Kier molecular flexibility index (Phi) is 6.89. The van der Waals surface area contributed by atoms with Crippen molar-refractivity contribution >= 4 is 23.8 Å². The molecule has 0 fully saturated rings. The van der Waals surface area contributed by atoms with Crippen LogP contribution in [0.15, 0.2) is 156 Å². The molecule has 6 aromatic carbocycles. The summed E-state index contributed by atoms with van der Waals surface area (Å²) in [6, 6.07) is 52.0. The maximum absolute atomic E-state index is 4.78. The van der Waals surface area contributed by atoms with Gasteiger partial charge in [-0.05, 0) is 82.6 Å². The average Bonchev–Trinajstić information content (AvgIpc) is 3.36. The van der Waals surface area contributed by atoms with Crippen LogP contribution in [0, 0.1) is 13.8 Å². The van der Waals surface area contributed by atoms with Crippen molar-refractivity contribution in [1.82, 2.24) is 0 Å². The molecule has 0 radical (unpaired) electrons. The molecule has 43 heavy (non-hydrogen) atoms. The summed E-state index contributed by atoms with van der Waals surface area (Å²) in [6.45, 7) is 4.20. The highest BCUT2D eigenvalue weighted by Crippen LogP contribution is 2.56. The molecule has 2 nitrogen and oxygen atoms in total. The van der Waals surface area contributed by atoms with Gasteiger partial charge in [-0.3, -0.25) is 9.98 Å². The second-order valence-electron chi connectivity index (χ2n) is 11.3. The standard InChI is InChI=1S/C41H32N2/c1-29-11-15-31(16-12-29)27-42-35-23-19-33(20-24-35)41(39-9-5-3-7-37(39)38-8-4-6-10-40(38)41)34-21-25-36(26-22-34)43-28-32-17-13-30(2)14-18-32/h3-28H,1-2H3. The molecular formula is C41H32N2. The first-order valence-corrected chi connectivity index (χ1v) is 14.7. The second-order valence-corrected chi connectivity index (χ2v) is 11.3. The zero-order valence-corrected chi connectivity index (χ0v) is 24.4. The van der Waals surface area contributed by atoms with E-state index in [9.17, 15) is 0 Å². The SMILES string of the molecule is Cc1ccc(C=Nc2ccc(C3(c4ccc(N=Cc5ccc(C)cc5)cc4)c4ccccc4-c4ccccc43)cc2)cc1. The summed E-state index contributed by atoms with van der Waals surface area (Å²) in [4.78, 5) is 9.56. The predicted octanol–water partition coefficient (Wildman–Crippen LogP) is 10.2. The van der Waals surface area contributed by atoms with Crippen LogP contribution in [0.5, 0.6) is 0 Å². The van der Waals surface area contributed by atoms with Crippen LogP contribution >= 0.6 is 0 Å². The van der Waals surface area contributed by atoms with Crippen LogP contribution in [0.25, 0.3) is 11.1 Å². The second kappa shape index (κ2) is 11.2. The fourth-order valence-electron chi connectivity index (χ4n) is 6.22. The van der Waals surface area contributed by atoms with Gasteiger partial charge in [0.15, 0.2) is 0 Å². The Morgan fingerprint density at radius 2 is 0.791 bits per heavy atom. The molecule has 0 spiro atoms. The molecule has 0 atom stereocenters. The van der Waals surface area contributed by atoms with Crippen molar-refractivity contribution in [3.63, 3.8) is 0 Å². The number of aliphatic imine (C=N–C) groups is 2. The summed E-state index contributed by atoms with van der Waals surface area (Å²) < 4.78 is 0. The minimum Gasteiger partial charge on any atom is -0.256 e. The Bertz CT molecular complexity index is 1800. The number of benzene rings is 6. The van der Waals surface area contributed by atoms with Crippen molar-refractivity contribution in [3.05, 3.63) is 190 Å². The first kappa shape index (κ1) is 26.6. The maximum Gasteiger partial charge on any atom is 0.0713 e. The van der Waals surface area contributed by atoms with Crippen LogP contribution in [0.3, 0.4) is 0 Å². The van der Waals surface area contributed by atoms with E-state index in [-0.39, 0.29) is 0 Å². The summed E-state index contributed by atoms with van der Waals surface area (Å²) >= 11 is 0. The molecule has 7 rings (SSSR count). The van der Waals surface area contributed by atoms with E-state index < -0.39 is 5.41 Å². The number of fused-ring (bicyclic) bond motifs is 3. The molecule has 206 valence electrons. The van der Waals surface area contributed by atoms with Gasteiger partial charge in [0.2, 0.25) is 0 Å². The number of nitrogens with zero attached hydrogens (tertiary/aromatic N) is 2. The molecule has 0 aromatic heterocycles. The van der Waals surface area contributed by atoms with Crippen molar-refractivity contribution in [3.8, 4) is 11.1 Å². The molecule has 0 bridgehead atoms. The van der Waals surface area contributed by atoms with Crippen molar-refractivity contribution in [2.45, 2.75) is 19.3 Å². The van der Waals surface area contributed by atoms with Crippen LogP contribution in [0.2, 0.25) is 0 Å². The highest BCUT2D eigenvalue weighted by molar-refractivity contribution is 5.87. The minimum absolute atomic E-state index is 0.453. The number of aryl methyl sites for hydroxylation is 2. The normalized spacial score (nSPS) is 13.3. The van der Waals surface area contributed by atoms with Gasteiger partial charge in [-0.2, -0.15) is 0 Å². The Morgan fingerprint density at radius 1 is 0.419 bits per heavy atom. The predicted molar refractivity (Wildman–Crippen MR) is 181 cm³/mol. The lowest BCUT2D eigenvalue weighted by molar-refractivity contribution is 0.768. The smallest absolute Gasteiger partial charge is 0.0713 e. The van der Waals surface area contributed by atoms with Crippen LogP contribution in [-0.2, 0) is 5.41 Å². The Morgan fingerprint density at radius 3 is 1.19 bits per heavy atom. The third kappa shape index (κ3) is 4.91. The maximum atomic E-state index is 4.78. The van der Waals surface area contributed by atoms with E-state index in [0.29, 0.717) is 0 Å². The minimum atomic E-state index is -0.453. The monoisotopic (exact) mass is 552 g/mol. The molecule has 0 heterocycles. The largest absolute Gasteiger partial charge is 0.256 e. The van der Waals surface area contributed by atoms with Gasteiger partial charge in [0.05, 0.1) is 16.8 Å². The highest BCUT2D eigenvalue weighted by atomic mass is 14.7. The topological polar surface area (TPSA) is 24.7 Å². The molecule has 0 N–H and O–H groups in total. The van der Waals surface area contributed by atoms with Crippen molar-refractivity contribution in [1.29, 1.82) is 0 Å². The van der Waals surface area contributed by atoms with Gasteiger partial charge in [-0.15, -0.1) is 0 Å². The van der Waals surface area contributed by atoms with Gasteiger partial charge in [0.1, 0.15) is 0 Å². The average molecular weight is 553 g/mol. The molecule has 0 saturated carbocycles. The summed E-state index contributed by atoms with van der Waals surface area (Å²) in [7, 11) is 0. The van der Waals surface area contributed by atoms with Gasteiger partial charge in [-0.25, -0.2) is 0 Å². The summed E-state index contributed by atoms with van der Waals surface area (Å²) in [5.74, 6) is 0. The van der Waals surface area contributed by atoms with Gasteiger partial charge in [0, 0.05) is 12.4 Å². The van der Waals surface area contributed by atoms with E-state index >= 15 is 0 Å². The molecule has 1 aliphatic carbocycles. The number of hydrogen-bond acceptors (Lipinski definition) is 2. The molecule has 2 heteroatoms. The third-order valence-electron chi connectivity index (χ3n) is 8.43. The van der Waals surface area contributed by atoms with Crippen molar-refractivity contribution in [2.24, 2.45) is 9.98 Å². The Labute approximate surface area is 253 Å². The van der Waals surface area contributed by atoms with E-state index in [1.54, 1.807) is 0 Å². The quantitative estimate of drug-likeness (QED) is 0.183. The van der Waals surface area contributed by atoms with Gasteiger partial charge >= 0.3 is 0 Å². The van der Waals surface area contributed by atoms with E-state index in [4.69, 9.17) is 9.98 Å². The molecule has 0 saturated heterocycles. The van der Waals surface area contributed by atoms with Crippen LogP contribution in [-0.4, -0.2) is 12.4 Å². The zero-order chi connectivity index (χ0) is 29.2. The van der Waals surface area contributed by atoms with Crippen LogP contribution in [0.1, 0.15) is 44.5 Å². The first-order valence-electron chi connectivity index (χ1n) is 14.7. The number of rotatable bonds is 6. The van der Waals surface area contributed by atoms with E-state index in [1.807, 2.05) is 12.4 Å². The summed E-state index contributed by atoms with van der Waals surface area (Å²) in [6.07, 6.45) is 3.86. The summed E-state index contributed by atoms with van der Waals surface area (Å²) in [5.41, 5.74) is 13.7. The highest BCUT2D eigenvalue weighted by Gasteiger charge is 2.45. The molecule has 0 aliphatic heterocycles. The zero-order valence-electron chi connectivity index (χ0n) is 24.4. The lowest BCUT2D eigenvalue weighted by Gasteiger charge is -2.34.